The maximum absolute atomic E-state index is 12.9. The van der Waals surface area contributed by atoms with Crippen LogP contribution in [0.1, 0.15) is 26.5 Å². The molecule has 0 amide bonds. The summed E-state index contributed by atoms with van der Waals surface area (Å²) in [5.74, 6) is 0. The van der Waals surface area contributed by atoms with Crippen LogP contribution in [0.15, 0.2) is 41.9 Å². The van der Waals surface area contributed by atoms with Crippen LogP contribution < -0.4 is 4.31 Å². The third-order valence-electron chi connectivity index (χ3n) is 4.30. The average molecular weight is 538 g/mol. The quantitative estimate of drug-likeness (QED) is 0.191. The van der Waals surface area contributed by atoms with Crippen molar-refractivity contribution in [2.45, 2.75) is 31.7 Å². The number of hydrogen-bond acceptors (Lipinski definition) is 8. The summed E-state index contributed by atoms with van der Waals surface area (Å²) in [4.78, 5) is 26.9. The van der Waals surface area contributed by atoms with E-state index in [0.717, 1.165) is 20.6 Å². The van der Waals surface area contributed by atoms with Gasteiger partial charge in [0.15, 0.2) is 0 Å². The first kappa shape index (κ1) is 26.2. The molecule has 0 saturated heterocycles. The fraction of sp³-hybridized carbons (Fsp3) is 0.300. The van der Waals surface area contributed by atoms with Gasteiger partial charge in [-0.25, -0.2) is 4.98 Å². The van der Waals surface area contributed by atoms with Crippen molar-refractivity contribution >= 4 is 49.2 Å². The van der Waals surface area contributed by atoms with Gasteiger partial charge in [-0.2, -0.15) is 13.2 Å². The summed E-state index contributed by atoms with van der Waals surface area (Å²) in [6, 6.07) is 8.19. The molecule has 6 nitrogen and oxygen atoms in total. The lowest BCUT2D eigenvalue weighted by atomic mass is 9.91. The van der Waals surface area contributed by atoms with Crippen LogP contribution in [0.5, 0.6) is 0 Å². The monoisotopic (exact) mass is 537 g/mol. The molecule has 0 aliphatic rings. The Morgan fingerprint density at radius 2 is 1.91 bits per heavy atom. The first-order chi connectivity index (χ1) is 15.3. The molecule has 3 aromatic rings. The van der Waals surface area contributed by atoms with Crippen LogP contribution in [-0.4, -0.2) is 32.0 Å². The van der Waals surface area contributed by atoms with Crippen molar-refractivity contribution in [3.63, 3.8) is 0 Å². The highest BCUT2D eigenvalue weighted by Crippen LogP contribution is 2.41. The fourth-order valence-electron chi connectivity index (χ4n) is 2.75. The van der Waals surface area contributed by atoms with Crippen LogP contribution in [0.25, 0.3) is 21.8 Å². The van der Waals surface area contributed by atoms with Crippen LogP contribution in [0, 0.1) is 0 Å². The Bertz CT molecular complexity index is 1110. The highest BCUT2D eigenvalue weighted by molar-refractivity contribution is 8.01. The van der Waals surface area contributed by atoms with E-state index in [0.29, 0.717) is 11.3 Å². The molecule has 0 atom stereocenters. The maximum Gasteiger partial charge on any atom is 0.461 e. The Balaban J connectivity index is 1.88. The van der Waals surface area contributed by atoms with Crippen molar-refractivity contribution in [1.29, 1.82) is 0 Å². The van der Waals surface area contributed by atoms with E-state index in [1.165, 1.54) is 23.5 Å². The van der Waals surface area contributed by atoms with Gasteiger partial charge in [-0.05, 0) is 30.3 Å². The summed E-state index contributed by atoms with van der Waals surface area (Å²) in [6.07, 6.45) is 1.73. The molecule has 0 fully saturated rings. The minimum atomic E-state index is -4.61. The summed E-state index contributed by atoms with van der Waals surface area (Å²) in [7, 11) is -2.81. The summed E-state index contributed by atoms with van der Waals surface area (Å²) < 4.78 is 44.1. The van der Waals surface area contributed by atoms with Crippen molar-refractivity contribution in [2.24, 2.45) is 0 Å². The normalized spacial score (nSPS) is 12.4. The van der Waals surface area contributed by atoms with Gasteiger partial charge in [0.2, 0.25) is 0 Å². The van der Waals surface area contributed by atoms with Crippen LogP contribution in [0.2, 0.25) is 5.02 Å². The van der Waals surface area contributed by atoms with Gasteiger partial charge in [-0.3, -0.25) is 13.8 Å². The predicted molar refractivity (Wildman–Crippen MR) is 128 cm³/mol. The number of nitrogens with zero attached hydrogens (tertiary/aromatic N) is 3. The van der Waals surface area contributed by atoms with Gasteiger partial charge < -0.3 is 9.79 Å². The highest BCUT2D eigenvalue weighted by Gasteiger charge is 2.33. The molecule has 2 N–H and O–H groups in total. The van der Waals surface area contributed by atoms with E-state index in [1.54, 1.807) is 12.3 Å². The first-order valence-corrected chi connectivity index (χ1v) is 12.6. The Morgan fingerprint density at radius 3 is 2.52 bits per heavy atom. The second-order valence-corrected chi connectivity index (χ2v) is 10.9. The molecule has 13 heteroatoms. The van der Waals surface area contributed by atoms with Crippen LogP contribution in [0.4, 0.5) is 18.9 Å². The zero-order chi connectivity index (χ0) is 24.4. The Kier molecular flexibility index (Phi) is 8.27. The lowest BCUT2D eigenvalue weighted by molar-refractivity contribution is -0.0332. The van der Waals surface area contributed by atoms with Crippen LogP contribution >= 0.6 is 43.5 Å². The van der Waals surface area contributed by atoms with Gasteiger partial charge in [-0.15, -0.1) is 11.3 Å². The van der Waals surface area contributed by atoms with E-state index in [4.69, 9.17) is 21.4 Å². The third-order valence-corrected chi connectivity index (χ3v) is 6.59. The summed E-state index contributed by atoms with van der Waals surface area (Å²) in [5.41, 5.74) is -1.66. The zero-order valence-corrected chi connectivity index (χ0v) is 21.0. The number of pyridine rings is 1. The molecule has 0 spiro atoms. The van der Waals surface area contributed by atoms with Crippen LogP contribution in [0.3, 0.4) is 0 Å². The molecular weight excluding hydrogens is 518 g/mol. The predicted octanol–water partition coefficient (Wildman–Crippen LogP) is 6.98. The number of benzene rings is 1. The molecule has 2 aromatic heterocycles. The number of rotatable bonds is 7. The van der Waals surface area contributed by atoms with E-state index >= 15 is 0 Å². The molecule has 33 heavy (non-hydrogen) atoms. The van der Waals surface area contributed by atoms with E-state index in [-0.39, 0.29) is 16.1 Å². The number of thiazole rings is 1. The van der Waals surface area contributed by atoms with Gasteiger partial charge in [0.25, 0.3) is 0 Å². The smallest absolute Gasteiger partial charge is 0.328 e. The standard InChI is InChI=1S/C20H20ClF3N3O3PS2/c1-19(2,3)17-8-12(6-7-25-17)18-26-16(10-32-18)14-5-4-13(9-15(14)21)27(11-30-31(28)29)33-20(22,23)24/h4-10,28-29H,11H2,1-3H3. The minimum absolute atomic E-state index is 0.0855. The second-order valence-electron chi connectivity index (χ2n) is 7.81. The number of aromatic nitrogens is 2. The lowest BCUT2D eigenvalue weighted by Gasteiger charge is -2.24. The average Bonchev–Trinajstić information content (AvgIpc) is 3.19. The van der Waals surface area contributed by atoms with Crippen molar-refractivity contribution < 1.29 is 27.5 Å². The molecule has 0 aliphatic carbocycles. The molecule has 178 valence electrons. The Labute approximate surface area is 203 Å². The molecule has 0 aliphatic heterocycles. The largest absolute Gasteiger partial charge is 0.461 e. The molecule has 1 aromatic carbocycles. The van der Waals surface area contributed by atoms with E-state index < -0.39 is 32.8 Å². The lowest BCUT2D eigenvalue weighted by Crippen LogP contribution is -2.22. The van der Waals surface area contributed by atoms with Crippen molar-refractivity contribution in [1.82, 2.24) is 9.97 Å². The number of anilines is 1. The molecule has 0 unspecified atom stereocenters. The molecule has 3 rings (SSSR count). The van der Waals surface area contributed by atoms with Crippen LogP contribution in [-0.2, 0) is 9.94 Å². The zero-order valence-electron chi connectivity index (χ0n) is 17.7. The van der Waals surface area contributed by atoms with Crippen molar-refractivity contribution in [2.75, 3.05) is 11.0 Å². The fourth-order valence-corrected chi connectivity index (χ4v) is 4.71. The van der Waals surface area contributed by atoms with Gasteiger partial charge >= 0.3 is 14.1 Å². The number of hydrogen-bond donors (Lipinski definition) is 2. The minimum Gasteiger partial charge on any atom is -0.328 e. The van der Waals surface area contributed by atoms with Crippen molar-refractivity contribution in [3.8, 4) is 21.8 Å². The second kappa shape index (κ2) is 10.4. The molecule has 0 bridgehead atoms. The first-order valence-electron chi connectivity index (χ1n) is 9.40. The van der Waals surface area contributed by atoms with E-state index in [2.05, 4.69) is 35.3 Å². The summed E-state index contributed by atoms with van der Waals surface area (Å²) in [5, 5.41) is 2.78. The summed E-state index contributed by atoms with van der Waals surface area (Å²) in [6.45, 7) is 5.52. The van der Waals surface area contributed by atoms with E-state index in [1.807, 2.05) is 17.5 Å². The maximum atomic E-state index is 12.9. The number of halogens is 4. The van der Waals surface area contributed by atoms with Crippen molar-refractivity contribution in [3.05, 3.63) is 52.6 Å². The van der Waals surface area contributed by atoms with Gasteiger partial charge in [0, 0.05) is 33.8 Å². The molecule has 2 heterocycles. The van der Waals surface area contributed by atoms with Gasteiger partial charge in [-0.1, -0.05) is 32.4 Å². The molecule has 0 radical (unpaired) electrons. The topological polar surface area (TPSA) is 78.7 Å². The van der Waals surface area contributed by atoms with Gasteiger partial charge in [0.05, 0.1) is 28.4 Å². The van der Waals surface area contributed by atoms with Gasteiger partial charge in [0.1, 0.15) is 11.7 Å². The highest BCUT2D eigenvalue weighted by atomic mass is 35.5. The Morgan fingerprint density at radius 1 is 1.18 bits per heavy atom. The number of alkyl halides is 3. The Hall–Kier alpha value is -1.46. The third kappa shape index (κ3) is 7.26. The van der Waals surface area contributed by atoms with E-state index in [9.17, 15) is 13.2 Å². The summed E-state index contributed by atoms with van der Waals surface area (Å²) >= 11 is 7.34. The molecular formula is C20H20ClF3N3O3PS2. The molecule has 0 saturated carbocycles. The SMILES string of the molecule is CC(C)(C)c1cc(-c2nc(-c3ccc(N(COP(O)O)SC(F)(F)F)cc3Cl)cs2)ccn1.